The van der Waals surface area contributed by atoms with Gasteiger partial charge in [0.2, 0.25) is 5.91 Å². The number of carboxylic acids is 1. The average Bonchev–Trinajstić information content (AvgIpc) is 3.14. The van der Waals surface area contributed by atoms with E-state index in [1.54, 1.807) is 6.92 Å². The first-order valence-corrected chi connectivity index (χ1v) is 12.0. The van der Waals surface area contributed by atoms with E-state index in [4.69, 9.17) is 14.6 Å². The largest absolute Gasteiger partial charge is 0.481 e. The molecule has 1 aliphatic carbocycles. The van der Waals surface area contributed by atoms with Crippen LogP contribution in [0.1, 0.15) is 50.7 Å². The molecule has 2 aromatic rings. The molecule has 188 valence electrons. The molecule has 3 rings (SSSR count). The molecule has 0 bridgehead atoms. The summed E-state index contributed by atoms with van der Waals surface area (Å²) in [4.78, 5) is 36.1. The lowest BCUT2D eigenvalue weighted by Gasteiger charge is -2.23. The molecule has 0 aromatic heterocycles. The second-order valence-electron chi connectivity index (χ2n) is 9.00. The number of fused-ring (bicyclic) bond motifs is 3. The molecular weight excluding hydrogens is 448 g/mol. The second kappa shape index (κ2) is 12.4. The van der Waals surface area contributed by atoms with Crippen LogP contribution in [0.15, 0.2) is 48.5 Å². The number of benzene rings is 2. The Balaban J connectivity index is 1.54. The zero-order valence-electron chi connectivity index (χ0n) is 20.5. The normalized spacial score (nSPS) is 14.1. The van der Waals surface area contributed by atoms with Crippen molar-refractivity contribution in [3.8, 4) is 11.1 Å². The molecule has 8 nitrogen and oxygen atoms in total. The van der Waals surface area contributed by atoms with E-state index in [-0.39, 0.29) is 43.7 Å². The Bertz CT molecular complexity index is 992. The molecule has 2 aromatic carbocycles. The molecule has 2 atom stereocenters. The summed E-state index contributed by atoms with van der Waals surface area (Å²) in [6.45, 7) is 6.23. The Morgan fingerprint density at radius 2 is 1.57 bits per heavy atom. The maximum absolute atomic E-state index is 12.6. The summed E-state index contributed by atoms with van der Waals surface area (Å²) in [6.07, 6.45) is -1.32. The topological polar surface area (TPSA) is 114 Å². The van der Waals surface area contributed by atoms with Crippen LogP contribution in [0.3, 0.4) is 0 Å². The van der Waals surface area contributed by atoms with E-state index in [1.807, 2.05) is 38.1 Å². The minimum Gasteiger partial charge on any atom is -0.481 e. The van der Waals surface area contributed by atoms with Crippen LogP contribution in [0.5, 0.6) is 0 Å². The van der Waals surface area contributed by atoms with E-state index in [1.165, 1.54) is 0 Å². The maximum Gasteiger partial charge on any atom is 0.407 e. The van der Waals surface area contributed by atoms with Gasteiger partial charge in [-0.25, -0.2) is 4.79 Å². The third-order valence-corrected chi connectivity index (χ3v) is 6.19. The monoisotopic (exact) mass is 482 g/mol. The van der Waals surface area contributed by atoms with Crippen LogP contribution >= 0.6 is 0 Å². The number of nitrogens with one attached hydrogen (secondary N) is 2. The summed E-state index contributed by atoms with van der Waals surface area (Å²) in [5.41, 5.74) is 4.57. The average molecular weight is 483 g/mol. The van der Waals surface area contributed by atoms with E-state index in [9.17, 15) is 14.4 Å². The molecule has 0 saturated heterocycles. The highest BCUT2D eigenvalue weighted by Crippen LogP contribution is 2.44. The van der Waals surface area contributed by atoms with E-state index >= 15 is 0 Å². The number of carbonyl (C=O) groups excluding carboxylic acids is 2. The van der Waals surface area contributed by atoms with Crippen LogP contribution in [-0.4, -0.2) is 55.0 Å². The minimum absolute atomic E-state index is 0.0112. The van der Waals surface area contributed by atoms with Crippen LogP contribution < -0.4 is 10.6 Å². The van der Waals surface area contributed by atoms with Crippen molar-refractivity contribution in [3.05, 3.63) is 59.7 Å². The van der Waals surface area contributed by atoms with Crippen molar-refractivity contribution in [2.24, 2.45) is 5.92 Å². The third kappa shape index (κ3) is 7.05. The van der Waals surface area contributed by atoms with Crippen molar-refractivity contribution in [1.82, 2.24) is 10.6 Å². The Hall–Kier alpha value is -3.39. The predicted octanol–water partition coefficient (Wildman–Crippen LogP) is 3.94. The van der Waals surface area contributed by atoms with Crippen LogP contribution in [0.4, 0.5) is 4.79 Å². The van der Waals surface area contributed by atoms with Gasteiger partial charge in [-0.05, 0) is 35.1 Å². The van der Waals surface area contributed by atoms with Gasteiger partial charge in [-0.3, -0.25) is 9.59 Å². The number of hydrogen-bond donors (Lipinski definition) is 3. The molecule has 0 heterocycles. The van der Waals surface area contributed by atoms with Crippen LogP contribution in [-0.2, 0) is 19.1 Å². The third-order valence-electron chi connectivity index (χ3n) is 6.19. The van der Waals surface area contributed by atoms with Gasteiger partial charge in [0.25, 0.3) is 0 Å². The number of hydrogen-bond acceptors (Lipinski definition) is 5. The van der Waals surface area contributed by atoms with Crippen LogP contribution in [0.2, 0.25) is 0 Å². The van der Waals surface area contributed by atoms with Crippen molar-refractivity contribution < 1.29 is 29.0 Å². The zero-order valence-corrected chi connectivity index (χ0v) is 20.5. The maximum atomic E-state index is 12.6. The minimum atomic E-state index is -0.991. The van der Waals surface area contributed by atoms with Gasteiger partial charge in [0.1, 0.15) is 6.61 Å². The van der Waals surface area contributed by atoms with Gasteiger partial charge >= 0.3 is 12.1 Å². The highest BCUT2D eigenvalue weighted by atomic mass is 16.5. The molecule has 0 aliphatic heterocycles. The molecule has 3 N–H and O–H groups in total. The fourth-order valence-electron chi connectivity index (χ4n) is 4.36. The SMILES string of the molecule is CCOC(CNC(=O)C[C@H](NC(=O)OCC1c2ccccc2-c2ccccc21)C(C)C)CC(=O)O. The summed E-state index contributed by atoms with van der Waals surface area (Å²) in [5.74, 6) is -1.34. The van der Waals surface area contributed by atoms with E-state index in [2.05, 4.69) is 34.9 Å². The van der Waals surface area contributed by atoms with Crippen LogP contribution in [0.25, 0.3) is 11.1 Å². The van der Waals surface area contributed by atoms with Gasteiger partial charge in [-0.2, -0.15) is 0 Å². The number of ether oxygens (including phenoxy) is 2. The summed E-state index contributed by atoms with van der Waals surface area (Å²) in [7, 11) is 0. The summed E-state index contributed by atoms with van der Waals surface area (Å²) < 4.78 is 11.0. The molecule has 0 radical (unpaired) electrons. The molecule has 1 unspecified atom stereocenters. The first-order valence-electron chi connectivity index (χ1n) is 12.0. The molecule has 0 fully saturated rings. The molecule has 0 saturated carbocycles. The predicted molar refractivity (Wildman–Crippen MR) is 132 cm³/mol. The second-order valence-corrected chi connectivity index (χ2v) is 9.00. The summed E-state index contributed by atoms with van der Waals surface area (Å²) in [6, 6.07) is 15.8. The van der Waals surface area contributed by atoms with Gasteiger partial charge in [0.05, 0.1) is 12.5 Å². The Morgan fingerprint density at radius 3 is 2.11 bits per heavy atom. The van der Waals surface area contributed by atoms with Gasteiger partial charge < -0.3 is 25.2 Å². The lowest BCUT2D eigenvalue weighted by atomic mass is 9.98. The molecular formula is C27H34N2O6. The van der Waals surface area contributed by atoms with Gasteiger partial charge in [-0.15, -0.1) is 0 Å². The Labute approximate surface area is 206 Å². The molecule has 0 spiro atoms. The number of alkyl carbamates (subject to hydrolysis) is 1. The lowest BCUT2D eigenvalue weighted by Crippen LogP contribution is -2.44. The van der Waals surface area contributed by atoms with Crippen LogP contribution in [0, 0.1) is 5.92 Å². The molecule has 1 aliphatic rings. The van der Waals surface area contributed by atoms with E-state index in [0.717, 1.165) is 22.3 Å². The standard InChI is InChI=1S/C27H34N2O6/c1-4-34-18(13-26(31)32)15-28-25(30)14-24(17(2)3)29-27(33)35-16-23-21-11-7-5-9-19(21)20-10-6-8-12-22(20)23/h5-12,17-18,23-24H,4,13-16H2,1-3H3,(H,28,30)(H,29,33)(H,31,32)/t18?,24-/m0/s1. The zero-order chi connectivity index (χ0) is 25.4. The number of rotatable bonds is 12. The van der Waals surface area contributed by atoms with Gasteiger partial charge in [0, 0.05) is 31.5 Å². The summed E-state index contributed by atoms with van der Waals surface area (Å²) >= 11 is 0. The Kier molecular flexibility index (Phi) is 9.25. The molecule has 2 amide bonds. The lowest BCUT2D eigenvalue weighted by molar-refractivity contribution is -0.140. The van der Waals surface area contributed by atoms with Crippen molar-refractivity contribution >= 4 is 18.0 Å². The molecule has 8 heteroatoms. The van der Waals surface area contributed by atoms with Gasteiger partial charge in [0.15, 0.2) is 0 Å². The van der Waals surface area contributed by atoms with Crippen molar-refractivity contribution in [3.63, 3.8) is 0 Å². The fourth-order valence-corrected chi connectivity index (χ4v) is 4.36. The highest BCUT2D eigenvalue weighted by molar-refractivity contribution is 5.79. The quantitative estimate of drug-likeness (QED) is 0.422. The number of carbonyl (C=O) groups is 3. The van der Waals surface area contributed by atoms with Crippen molar-refractivity contribution in [1.29, 1.82) is 0 Å². The highest BCUT2D eigenvalue weighted by Gasteiger charge is 2.29. The number of carboxylic acid groups (broad SMARTS) is 1. The van der Waals surface area contributed by atoms with E-state index in [0.29, 0.717) is 6.61 Å². The van der Waals surface area contributed by atoms with Crippen molar-refractivity contribution in [2.75, 3.05) is 19.8 Å². The fraction of sp³-hybridized carbons (Fsp3) is 0.444. The van der Waals surface area contributed by atoms with Gasteiger partial charge in [-0.1, -0.05) is 62.4 Å². The smallest absolute Gasteiger partial charge is 0.407 e. The first kappa shape index (κ1) is 26.2. The molecule has 35 heavy (non-hydrogen) atoms. The number of aliphatic carboxylic acids is 1. The summed E-state index contributed by atoms with van der Waals surface area (Å²) in [5, 5.41) is 14.5. The number of amides is 2. The Morgan fingerprint density at radius 1 is 0.971 bits per heavy atom. The van der Waals surface area contributed by atoms with E-state index < -0.39 is 24.2 Å². The van der Waals surface area contributed by atoms with Crippen molar-refractivity contribution in [2.45, 2.75) is 51.7 Å². The first-order chi connectivity index (χ1) is 16.8.